The van der Waals surface area contributed by atoms with E-state index < -0.39 is 29.7 Å². The number of hydrogen-bond donors (Lipinski definition) is 2. The molecule has 0 fully saturated rings. The smallest absolute Gasteiger partial charge is 0.408 e. The molecule has 0 bridgehead atoms. The van der Waals surface area contributed by atoms with Crippen LogP contribution in [0.1, 0.15) is 44.9 Å². The van der Waals surface area contributed by atoms with Gasteiger partial charge >= 0.3 is 6.09 Å². The minimum Gasteiger partial charge on any atom is -0.444 e. The quantitative estimate of drug-likeness (QED) is 0.712. The number of carbonyl (C=O) groups excluding carboxylic acids is 3. The highest BCUT2D eigenvalue weighted by atomic mass is 16.6. The summed E-state index contributed by atoms with van der Waals surface area (Å²) in [5.41, 5.74) is 0.952. The Kier molecular flexibility index (Phi) is 8.19. The van der Waals surface area contributed by atoms with Crippen LogP contribution in [0.5, 0.6) is 0 Å². The summed E-state index contributed by atoms with van der Waals surface area (Å²) in [6.45, 7) is 7.14. The molecule has 3 amide bonds. The first-order chi connectivity index (χ1) is 14.6. The molecule has 2 aromatic carbocycles. The zero-order valence-corrected chi connectivity index (χ0v) is 18.7. The molecule has 0 saturated heterocycles. The molecule has 2 aromatic rings. The average molecular weight is 426 g/mol. The van der Waals surface area contributed by atoms with Crippen molar-refractivity contribution in [2.45, 2.75) is 51.9 Å². The number of alkyl carbamates (subject to hydrolysis) is 1. The van der Waals surface area contributed by atoms with Gasteiger partial charge in [0.25, 0.3) is 0 Å². The minimum atomic E-state index is -0.868. The summed E-state index contributed by atoms with van der Waals surface area (Å²) < 4.78 is 5.22. The Morgan fingerprint density at radius 3 is 2.06 bits per heavy atom. The van der Waals surface area contributed by atoms with Crippen LogP contribution in [0.4, 0.5) is 4.79 Å². The molecule has 0 radical (unpaired) electrons. The number of nitrogens with one attached hydrogen (secondary N) is 2. The number of rotatable bonds is 7. The highest BCUT2D eigenvalue weighted by Gasteiger charge is 2.32. The molecule has 2 atom stereocenters. The Bertz CT molecular complexity index is 879. The van der Waals surface area contributed by atoms with Gasteiger partial charge in [-0.1, -0.05) is 60.7 Å². The van der Waals surface area contributed by atoms with E-state index in [2.05, 4.69) is 10.6 Å². The zero-order chi connectivity index (χ0) is 23.0. The molecule has 0 saturated carbocycles. The van der Waals surface area contributed by atoms with Gasteiger partial charge in [0.2, 0.25) is 11.8 Å². The maximum Gasteiger partial charge on any atom is 0.408 e. The maximum atomic E-state index is 13.1. The largest absolute Gasteiger partial charge is 0.444 e. The van der Waals surface area contributed by atoms with Gasteiger partial charge in [-0.05, 0) is 38.8 Å². The lowest BCUT2D eigenvalue weighted by atomic mass is 10.0. The minimum absolute atomic E-state index is 0.310. The lowest BCUT2D eigenvalue weighted by Crippen LogP contribution is -2.50. The van der Waals surface area contributed by atoms with Gasteiger partial charge in [0.05, 0.1) is 0 Å². The van der Waals surface area contributed by atoms with Crippen LogP contribution in [0.25, 0.3) is 0 Å². The number of ether oxygens (including phenoxy) is 1. The van der Waals surface area contributed by atoms with Gasteiger partial charge in [0, 0.05) is 13.6 Å². The molecule has 2 unspecified atom stereocenters. The fraction of sp³-hybridized carbons (Fsp3) is 0.375. The fourth-order valence-corrected chi connectivity index (χ4v) is 3.05. The van der Waals surface area contributed by atoms with E-state index in [9.17, 15) is 14.4 Å². The van der Waals surface area contributed by atoms with Crippen LogP contribution in [0, 0.1) is 0 Å². The lowest BCUT2D eigenvalue weighted by Gasteiger charge is -2.30. The molecule has 7 nitrogen and oxygen atoms in total. The molecule has 2 rings (SSSR count). The van der Waals surface area contributed by atoms with Crippen molar-refractivity contribution in [2.75, 3.05) is 7.05 Å². The molecule has 31 heavy (non-hydrogen) atoms. The van der Waals surface area contributed by atoms with Crippen molar-refractivity contribution in [2.24, 2.45) is 0 Å². The van der Waals surface area contributed by atoms with Gasteiger partial charge in [-0.2, -0.15) is 0 Å². The molecule has 7 heteroatoms. The van der Waals surface area contributed by atoms with Crippen LogP contribution in [0.3, 0.4) is 0 Å². The SMILES string of the molecule is CC(NC(=O)OC(C)(C)C)C(=O)N(C)C(C(=O)NCc1ccccc1)c1ccccc1. The van der Waals surface area contributed by atoms with Crippen molar-refractivity contribution in [3.8, 4) is 0 Å². The van der Waals surface area contributed by atoms with Crippen molar-refractivity contribution in [3.63, 3.8) is 0 Å². The first-order valence-corrected chi connectivity index (χ1v) is 10.2. The Morgan fingerprint density at radius 1 is 0.968 bits per heavy atom. The molecule has 2 N–H and O–H groups in total. The average Bonchev–Trinajstić information content (AvgIpc) is 2.71. The zero-order valence-electron chi connectivity index (χ0n) is 18.7. The molecule has 0 aliphatic carbocycles. The molecule has 0 aliphatic rings. The first-order valence-electron chi connectivity index (χ1n) is 10.2. The van der Waals surface area contributed by atoms with Gasteiger partial charge in [-0.15, -0.1) is 0 Å². The number of nitrogens with zero attached hydrogens (tertiary/aromatic N) is 1. The third-order valence-corrected chi connectivity index (χ3v) is 4.51. The number of hydrogen-bond acceptors (Lipinski definition) is 4. The van der Waals surface area contributed by atoms with E-state index in [4.69, 9.17) is 4.74 Å². The van der Waals surface area contributed by atoms with Gasteiger partial charge in [0.1, 0.15) is 17.7 Å². The summed E-state index contributed by atoms with van der Waals surface area (Å²) >= 11 is 0. The normalized spacial score (nSPS) is 12.9. The van der Waals surface area contributed by atoms with Crippen molar-refractivity contribution >= 4 is 17.9 Å². The van der Waals surface area contributed by atoms with Crippen LogP contribution in [-0.2, 0) is 20.9 Å². The summed E-state index contributed by atoms with van der Waals surface area (Å²) in [4.78, 5) is 39.5. The van der Waals surface area contributed by atoms with Gasteiger partial charge in [-0.3, -0.25) is 9.59 Å². The second-order valence-corrected chi connectivity index (χ2v) is 8.33. The summed E-state index contributed by atoms with van der Waals surface area (Å²) in [7, 11) is 1.55. The number of likely N-dealkylation sites (N-methyl/N-ethyl adjacent to an activating group) is 1. The van der Waals surface area contributed by atoms with E-state index >= 15 is 0 Å². The highest BCUT2D eigenvalue weighted by molar-refractivity contribution is 5.91. The van der Waals surface area contributed by atoms with Crippen LogP contribution in [0.2, 0.25) is 0 Å². The Balaban J connectivity index is 2.14. The van der Waals surface area contributed by atoms with Crippen LogP contribution in [-0.4, -0.2) is 41.5 Å². The third-order valence-electron chi connectivity index (χ3n) is 4.51. The predicted molar refractivity (Wildman–Crippen MR) is 119 cm³/mol. The van der Waals surface area contributed by atoms with Crippen LogP contribution in [0.15, 0.2) is 60.7 Å². The van der Waals surface area contributed by atoms with Crippen LogP contribution < -0.4 is 10.6 Å². The third kappa shape index (κ3) is 7.44. The monoisotopic (exact) mass is 425 g/mol. The lowest BCUT2D eigenvalue weighted by molar-refractivity contribution is -0.140. The molecule has 0 aromatic heterocycles. The van der Waals surface area contributed by atoms with Gasteiger partial charge in [0.15, 0.2) is 0 Å². The van der Waals surface area contributed by atoms with E-state index in [0.29, 0.717) is 12.1 Å². The molecule has 0 spiro atoms. The van der Waals surface area contributed by atoms with Gasteiger partial charge < -0.3 is 20.3 Å². The van der Waals surface area contributed by atoms with Crippen molar-refractivity contribution < 1.29 is 19.1 Å². The van der Waals surface area contributed by atoms with Crippen molar-refractivity contribution in [1.82, 2.24) is 15.5 Å². The van der Waals surface area contributed by atoms with E-state index in [-0.39, 0.29) is 5.91 Å². The predicted octanol–water partition coefficient (Wildman–Crippen LogP) is 3.42. The second-order valence-electron chi connectivity index (χ2n) is 8.33. The Labute approximate surface area is 183 Å². The summed E-state index contributed by atoms with van der Waals surface area (Å²) in [6, 6.07) is 16.9. The van der Waals surface area contributed by atoms with Crippen molar-refractivity contribution in [3.05, 3.63) is 71.8 Å². The van der Waals surface area contributed by atoms with E-state index in [1.807, 2.05) is 48.5 Å². The van der Waals surface area contributed by atoms with Crippen LogP contribution >= 0.6 is 0 Å². The highest BCUT2D eigenvalue weighted by Crippen LogP contribution is 2.21. The standard InChI is InChI=1S/C24H31N3O4/c1-17(26-23(30)31-24(2,3)4)22(29)27(5)20(19-14-10-7-11-15-19)21(28)25-16-18-12-8-6-9-13-18/h6-15,17,20H,16H2,1-5H3,(H,25,28)(H,26,30). The van der Waals surface area contributed by atoms with Crippen molar-refractivity contribution in [1.29, 1.82) is 0 Å². The number of carbonyl (C=O) groups is 3. The number of amides is 3. The van der Waals surface area contributed by atoms with E-state index in [1.165, 1.54) is 4.90 Å². The molecule has 0 aliphatic heterocycles. The fourth-order valence-electron chi connectivity index (χ4n) is 3.05. The molecular weight excluding hydrogens is 394 g/mol. The Hall–Kier alpha value is -3.35. The maximum absolute atomic E-state index is 13.1. The number of benzene rings is 2. The first kappa shape index (κ1) is 23.9. The molecule has 166 valence electrons. The Morgan fingerprint density at radius 2 is 1.52 bits per heavy atom. The van der Waals surface area contributed by atoms with E-state index in [1.54, 1.807) is 46.9 Å². The summed E-state index contributed by atoms with van der Waals surface area (Å²) in [5, 5.41) is 5.44. The van der Waals surface area contributed by atoms with E-state index in [0.717, 1.165) is 5.56 Å². The van der Waals surface area contributed by atoms with Gasteiger partial charge in [-0.25, -0.2) is 4.79 Å². The second kappa shape index (κ2) is 10.6. The topological polar surface area (TPSA) is 87.7 Å². The summed E-state index contributed by atoms with van der Waals surface area (Å²) in [5.74, 6) is -0.718. The summed E-state index contributed by atoms with van der Waals surface area (Å²) in [6.07, 6.45) is -0.688. The molecular formula is C24H31N3O4. The molecule has 0 heterocycles.